The van der Waals surface area contributed by atoms with Crippen molar-refractivity contribution >= 4 is 11.0 Å². The molecule has 106 valence electrons. The number of hydrogen-bond acceptors (Lipinski definition) is 4. The van der Waals surface area contributed by atoms with Gasteiger partial charge in [0.1, 0.15) is 12.2 Å². The minimum absolute atomic E-state index is 0.387. The summed E-state index contributed by atoms with van der Waals surface area (Å²) in [5.41, 5.74) is 1.14. The van der Waals surface area contributed by atoms with E-state index in [0.717, 1.165) is 10.9 Å². The molecule has 21 heavy (non-hydrogen) atoms. The highest BCUT2D eigenvalue weighted by molar-refractivity contribution is 5.80. The van der Waals surface area contributed by atoms with Crippen molar-refractivity contribution in [1.29, 1.82) is 0 Å². The average Bonchev–Trinajstić information content (AvgIpc) is 2.53. The minimum Gasteiger partial charge on any atom is -0.493 e. The van der Waals surface area contributed by atoms with Gasteiger partial charge in [0.25, 0.3) is 0 Å². The lowest BCUT2D eigenvalue weighted by molar-refractivity contribution is 0.284. The van der Waals surface area contributed by atoms with E-state index in [9.17, 15) is 4.79 Å². The molecule has 0 saturated heterocycles. The average molecular weight is 282 g/mol. The fourth-order valence-electron chi connectivity index (χ4n) is 2.08. The molecule has 0 unspecified atom stereocenters. The number of ether oxygens (including phenoxy) is 2. The third kappa shape index (κ3) is 2.89. The molecule has 0 N–H and O–H groups in total. The number of rotatable bonds is 4. The molecule has 2 aromatic carbocycles. The molecule has 0 amide bonds. The summed E-state index contributed by atoms with van der Waals surface area (Å²) in [6.45, 7) is 0.416. The lowest BCUT2D eigenvalue weighted by atomic mass is 10.2. The van der Waals surface area contributed by atoms with E-state index in [4.69, 9.17) is 13.9 Å². The number of hydrogen-bond donors (Lipinski definition) is 0. The first-order chi connectivity index (χ1) is 10.3. The Kier molecular flexibility index (Phi) is 3.60. The zero-order valence-corrected chi connectivity index (χ0v) is 11.5. The van der Waals surface area contributed by atoms with Crippen LogP contribution < -0.4 is 15.1 Å². The van der Waals surface area contributed by atoms with Crippen LogP contribution in [0.2, 0.25) is 0 Å². The van der Waals surface area contributed by atoms with Crippen molar-refractivity contribution in [1.82, 2.24) is 0 Å². The normalized spacial score (nSPS) is 10.5. The van der Waals surface area contributed by atoms with Gasteiger partial charge in [-0.25, -0.2) is 4.79 Å². The van der Waals surface area contributed by atoms with Crippen molar-refractivity contribution < 1.29 is 13.9 Å². The summed E-state index contributed by atoms with van der Waals surface area (Å²) in [4.78, 5) is 11.3. The van der Waals surface area contributed by atoms with Crippen LogP contribution in [0.5, 0.6) is 11.5 Å². The van der Waals surface area contributed by atoms with E-state index in [1.54, 1.807) is 25.3 Å². The van der Waals surface area contributed by atoms with Crippen molar-refractivity contribution in [3.8, 4) is 11.5 Å². The first kappa shape index (κ1) is 13.2. The number of methoxy groups -OCH3 is 1. The van der Waals surface area contributed by atoms with E-state index >= 15 is 0 Å². The molecule has 3 aromatic rings. The van der Waals surface area contributed by atoms with E-state index in [2.05, 4.69) is 0 Å². The second-order valence-electron chi connectivity index (χ2n) is 4.57. The second kappa shape index (κ2) is 5.71. The van der Waals surface area contributed by atoms with Crippen LogP contribution in [-0.4, -0.2) is 7.11 Å². The smallest absolute Gasteiger partial charge is 0.336 e. The highest BCUT2D eigenvalue weighted by atomic mass is 16.5. The fourth-order valence-corrected chi connectivity index (χ4v) is 2.08. The zero-order valence-electron chi connectivity index (χ0n) is 11.5. The summed E-state index contributed by atoms with van der Waals surface area (Å²) in [6, 6.07) is 16.4. The highest BCUT2D eigenvalue weighted by Crippen LogP contribution is 2.32. The number of benzene rings is 2. The van der Waals surface area contributed by atoms with Crippen LogP contribution in [0.1, 0.15) is 5.56 Å². The van der Waals surface area contributed by atoms with Gasteiger partial charge in [-0.15, -0.1) is 0 Å². The summed E-state index contributed by atoms with van der Waals surface area (Å²) in [7, 11) is 1.58. The van der Waals surface area contributed by atoms with E-state index in [0.29, 0.717) is 23.7 Å². The Morgan fingerprint density at radius 1 is 1.00 bits per heavy atom. The molecule has 1 heterocycles. The van der Waals surface area contributed by atoms with Gasteiger partial charge in [-0.3, -0.25) is 0 Å². The molecule has 0 fully saturated rings. The molecule has 0 aliphatic heterocycles. The van der Waals surface area contributed by atoms with Gasteiger partial charge < -0.3 is 13.9 Å². The number of fused-ring (bicyclic) bond motifs is 1. The standard InChI is InChI=1S/C17H14O4/c1-19-15-9-13-7-8-17(18)21-14(13)10-16(15)20-11-12-5-3-2-4-6-12/h2-10H,11H2,1H3. The zero-order chi connectivity index (χ0) is 14.7. The van der Waals surface area contributed by atoms with E-state index in [-0.39, 0.29) is 5.63 Å². The molecular formula is C17H14O4. The van der Waals surface area contributed by atoms with Gasteiger partial charge in [0.05, 0.1) is 7.11 Å². The molecule has 0 aliphatic carbocycles. The molecule has 0 spiro atoms. The van der Waals surface area contributed by atoms with E-state index in [1.807, 2.05) is 30.3 Å². The molecule has 4 heteroatoms. The third-order valence-corrected chi connectivity index (χ3v) is 3.14. The molecule has 0 radical (unpaired) electrons. The summed E-state index contributed by atoms with van der Waals surface area (Å²) < 4.78 is 16.3. The molecular weight excluding hydrogens is 268 g/mol. The summed E-state index contributed by atoms with van der Waals surface area (Å²) in [5, 5.41) is 0.790. The summed E-state index contributed by atoms with van der Waals surface area (Å²) in [6.07, 6.45) is 0. The van der Waals surface area contributed by atoms with Crippen molar-refractivity contribution in [2.75, 3.05) is 7.11 Å². The molecule has 0 atom stereocenters. The van der Waals surface area contributed by atoms with E-state index in [1.165, 1.54) is 6.07 Å². The topological polar surface area (TPSA) is 48.7 Å². The summed E-state index contributed by atoms with van der Waals surface area (Å²) in [5.74, 6) is 1.15. The van der Waals surface area contributed by atoms with Crippen LogP contribution in [0.25, 0.3) is 11.0 Å². The Morgan fingerprint density at radius 3 is 2.57 bits per heavy atom. The first-order valence-corrected chi connectivity index (χ1v) is 6.55. The molecule has 3 rings (SSSR count). The maximum absolute atomic E-state index is 11.3. The Morgan fingerprint density at radius 2 is 1.81 bits per heavy atom. The van der Waals surface area contributed by atoms with Gasteiger partial charge in [-0.2, -0.15) is 0 Å². The van der Waals surface area contributed by atoms with Crippen molar-refractivity contribution in [3.05, 3.63) is 70.6 Å². The van der Waals surface area contributed by atoms with Gasteiger partial charge in [0, 0.05) is 17.5 Å². The fraction of sp³-hybridized carbons (Fsp3) is 0.118. The maximum atomic E-state index is 11.3. The summed E-state index contributed by atoms with van der Waals surface area (Å²) >= 11 is 0. The van der Waals surface area contributed by atoms with Crippen LogP contribution in [-0.2, 0) is 6.61 Å². The largest absolute Gasteiger partial charge is 0.493 e. The Labute approximate surface area is 121 Å². The van der Waals surface area contributed by atoms with Crippen LogP contribution >= 0.6 is 0 Å². The predicted octanol–water partition coefficient (Wildman–Crippen LogP) is 3.38. The van der Waals surface area contributed by atoms with Gasteiger partial charge in [0.2, 0.25) is 0 Å². The quantitative estimate of drug-likeness (QED) is 0.688. The van der Waals surface area contributed by atoms with Gasteiger partial charge >= 0.3 is 5.63 Å². The minimum atomic E-state index is -0.387. The Hall–Kier alpha value is -2.75. The predicted molar refractivity (Wildman–Crippen MR) is 79.8 cm³/mol. The van der Waals surface area contributed by atoms with Gasteiger partial charge in [0.15, 0.2) is 11.5 Å². The molecule has 0 aliphatic rings. The first-order valence-electron chi connectivity index (χ1n) is 6.55. The SMILES string of the molecule is COc1cc2ccc(=O)oc2cc1OCc1ccccc1. The van der Waals surface area contributed by atoms with Gasteiger partial charge in [-0.05, 0) is 17.7 Å². The molecule has 0 saturated carbocycles. The van der Waals surface area contributed by atoms with E-state index < -0.39 is 0 Å². The van der Waals surface area contributed by atoms with Crippen molar-refractivity contribution in [2.45, 2.75) is 6.61 Å². The molecule has 4 nitrogen and oxygen atoms in total. The van der Waals surface area contributed by atoms with Crippen molar-refractivity contribution in [2.24, 2.45) is 0 Å². The van der Waals surface area contributed by atoms with Crippen LogP contribution in [0, 0.1) is 0 Å². The second-order valence-corrected chi connectivity index (χ2v) is 4.57. The third-order valence-electron chi connectivity index (χ3n) is 3.14. The lowest BCUT2D eigenvalue weighted by Crippen LogP contribution is -1.99. The highest BCUT2D eigenvalue weighted by Gasteiger charge is 2.09. The van der Waals surface area contributed by atoms with Crippen molar-refractivity contribution in [3.63, 3.8) is 0 Å². The van der Waals surface area contributed by atoms with Crippen LogP contribution in [0.3, 0.4) is 0 Å². The Bertz CT molecular complexity index is 806. The monoisotopic (exact) mass is 282 g/mol. The van der Waals surface area contributed by atoms with Crippen LogP contribution in [0.4, 0.5) is 0 Å². The molecule has 1 aromatic heterocycles. The van der Waals surface area contributed by atoms with Crippen LogP contribution in [0.15, 0.2) is 63.8 Å². The Balaban J connectivity index is 1.94. The van der Waals surface area contributed by atoms with Gasteiger partial charge in [-0.1, -0.05) is 30.3 Å². The molecule has 0 bridgehead atoms. The lowest BCUT2D eigenvalue weighted by Gasteiger charge is -2.11. The maximum Gasteiger partial charge on any atom is 0.336 e.